The maximum Gasteiger partial charge on any atom is 0.322 e. The highest BCUT2D eigenvalue weighted by Gasteiger charge is 2.54. The molecule has 6 heteroatoms. The van der Waals surface area contributed by atoms with Crippen LogP contribution in [0.5, 0.6) is 0 Å². The molecule has 27 heavy (non-hydrogen) atoms. The lowest BCUT2D eigenvalue weighted by Gasteiger charge is -2.36. The Bertz CT molecular complexity index is 833. The van der Waals surface area contributed by atoms with Gasteiger partial charge >= 0.3 is 6.03 Å². The number of carbonyl (C=O) groups excluding carboxylic acids is 1. The zero-order valence-electron chi connectivity index (χ0n) is 16.9. The van der Waals surface area contributed by atoms with E-state index in [9.17, 15) is 4.79 Å². The Hall–Kier alpha value is -2.47. The number of nitrogens with one attached hydrogen (secondary N) is 1. The van der Waals surface area contributed by atoms with Crippen molar-refractivity contribution in [1.29, 1.82) is 0 Å². The molecule has 2 heterocycles. The highest BCUT2D eigenvalue weighted by molar-refractivity contribution is 5.92. The monoisotopic (exact) mass is 368 g/mol. The number of aromatic nitrogens is 2. The van der Waals surface area contributed by atoms with E-state index in [0.29, 0.717) is 6.54 Å². The van der Waals surface area contributed by atoms with E-state index in [1.807, 2.05) is 30.0 Å². The van der Waals surface area contributed by atoms with E-state index in [4.69, 9.17) is 4.74 Å². The molecule has 3 rings (SSSR count). The van der Waals surface area contributed by atoms with Crippen LogP contribution in [0.2, 0.25) is 0 Å². The first-order chi connectivity index (χ1) is 12.7. The number of aryl methyl sites for hydroxylation is 1. The molecule has 1 aliphatic heterocycles. The Balaban J connectivity index is 1.86. The lowest BCUT2D eigenvalue weighted by Crippen LogP contribution is -2.50. The average molecular weight is 368 g/mol. The van der Waals surface area contributed by atoms with E-state index in [2.05, 4.69) is 43.0 Å². The Morgan fingerprint density at radius 1 is 1.26 bits per heavy atom. The van der Waals surface area contributed by atoms with Crippen LogP contribution in [0.4, 0.5) is 10.5 Å². The third-order valence-corrected chi connectivity index (χ3v) is 5.43. The maximum absolute atomic E-state index is 13.1. The van der Waals surface area contributed by atoms with Crippen molar-refractivity contribution in [3.05, 3.63) is 42.4 Å². The van der Waals surface area contributed by atoms with Gasteiger partial charge in [0.1, 0.15) is 0 Å². The van der Waals surface area contributed by atoms with Gasteiger partial charge in [-0.05, 0) is 32.4 Å². The van der Waals surface area contributed by atoms with Crippen molar-refractivity contribution in [2.75, 3.05) is 19.0 Å². The molecule has 1 saturated heterocycles. The molecule has 0 aliphatic carbocycles. The van der Waals surface area contributed by atoms with E-state index in [0.717, 1.165) is 22.5 Å². The lowest BCUT2D eigenvalue weighted by molar-refractivity contribution is -0.0109. The first-order valence-electron chi connectivity index (χ1n) is 9.15. The van der Waals surface area contributed by atoms with Crippen LogP contribution in [-0.2, 0) is 4.74 Å². The summed E-state index contributed by atoms with van der Waals surface area (Å²) < 4.78 is 5.74. The summed E-state index contributed by atoms with van der Waals surface area (Å²) in [5.74, 6) is 0. The maximum atomic E-state index is 13.1. The lowest BCUT2D eigenvalue weighted by atomic mass is 9.82. The van der Waals surface area contributed by atoms with Crippen LogP contribution < -0.4 is 5.32 Å². The van der Waals surface area contributed by atoms with Crippen molar-refractivity contribution < 1.29 is 9.53 Å². The van der Waals surface area contributed by atoms with Gasteiger partial charge in [-0.25, -0.2) is 4.79 Å². The Kier molecular flexibility index (Phi) is 4.95. The third-order valence-electron chi connectivity index (χ3n) is 5.43. The molecule has 1 unspecified atom stereocenters. The Morgan fingerprint density at radius 3 is 2.59 bits per heavy atom. The fourth-order valence-electron chi connectivity index (χ4n) is 4.28. The highest BCUT2D eigenvalue weighted by Crippen LogP contribution is 2.43. The van der Waals surface area contributed by atoms with E-state index >= 15 is 0 Å². The van der Waals surface area contributed by atoms with Crippen molar-refractivity contribution in [3.63, 3.8) is 0 Å². The van der Waals surface area contributed by atoms with Crippen molar-refractivity contribution >= 4 is 11.7 Å². The van der Waals surface area contributed by atoms with Gasteiger partial charge in [0.05, 0.1) is 23.5 Å². The van der Waals surface area contributed by atoms with Gasteiger partial charge in [0.25, 0.3) is 0 Å². The molecule has 1 fully saturated rings. The second kappa shape index (κ2) is 6.93. The number of carbonyl (C=O) groups is 1. The third kappa shape index (κ3) is 3.54. The number of amides is 2. The molecule has 2 amide bonds. The molecule has 2 aromatic rings. The van der Waals surface area contributed by atoms with Crippen LogP contribution in [-0.4, -0.2) is 46.2 Å². The zero-order chi connectivity index (χ0) is 19.8. The van der Waals surface area contributed by atoms with E-state index < -0.39 is 5.54 Å². The fraction of sp³-hybridized carbons (Fsp3) is 0.476. The van der Waals surface area contributed by atoms with Gasteiger partial charge in [-0.2, -0.15) is 0 Å². The minimum Gasteiger partial charge on any atom is -0.378 e. The number of benzene rings is 1. The standard InChI is InChI=1S/C21H28N4O2/c1-14-7-8-15(17-12-22-9-10-23-17)11-16(14)24-19(26)25-13-20(2,3)18(27-6)21(25,4)5/h7-12,18H,13H2,1-6H3,(H,24,26). The number of rotatable bonds is 3. The summed E-state index contributed by atoms with van der Waals surface area (Å²) in [6, 6.07) is 5.79. The molecule has 1 N–H and O–H groups in total. The molecule has 6 nitrogen and oxygen atoms in total. The van der Waals surface area contributed by atoms with E-state index in [1.54, 1.807) is 25.7 Å². The zero-order valence-corrected chi connectivity index (χ0v) is 16.9. The molecular weight excluding hydrogens is 340 g/mol. The van der Waals surface area contributed by atoms with Crippen LogP contribution in [0.1, 0.15) is 33.3 Å². The molecule has 0 spiro atoms. The van der Waals surface area contributed by atoms with Crippen LogP contribution in [0, 0.1) is 12.3 Å². The predicted octanol–water partition coefficient (Wildman–Crippen LogP) is 4.12. The van der Waals surface area contributed by atoms with Crippen molar-refractivity contribution in [2.45, 2.75) is 46.3 Å². The topological polar surface area (TPSA) is 67.3 Å². The molecule has 1 aromatic carbocycles. The molecule has 0 saturated carbocycles. The number of hydrogen-bond acceptors (Lipinski definition) is 4. The number of ether oxygens (including phenoxy) is 1. The van der Waals surface area contributed by atoms with Crippen molar-refractivity contribution in [2.24, 2.45) is 5.41 Å². The number of urea groups is 1. The Morgan fingerprint density at radius 2 is 2.00 bits per heavy atom. The quantitative estimate of drug-likeness (QED) is 0.885. The molecule has 1 atom stereocenters. The SMILES string of the molecule is COC1C(C)(C)CN(C(=O)Nc2cc(-c3cnccn3)ccc2C)C1(C)C. The van der Waals surface area contributed by atoms with Crippen LogP contribution in [0.15, 0.2) is 36.8 Å². The molecule has 0 radical (unpaired) electrons. The van der Waals surface area contributed by atoms with Crippen LogP contribution in [0.3, 0.4) is 0 Å². The van der Waals surface area contributed by atoms with Gasteiger partial charge in [0.15, 0.2) is 0 Å². The van der Waals surface area contributed by atoms with Crippen molar-refractivity contribution in [1.82, 2.24) is 14.9 Å². The molecule has 1 aliphatic rings. The van der Waals surface area contributed by atoms with Gasteiger partial charge in [-0.1, -0.05) is 26.0 Å². The summed E-state index contributed by atoms with van der Waals surface area (Å²) in [4.78, 5) is 23.4. The summed E-state index contributed by atoms with van der Waals surface area (Å²) in [6.07, 6.45) is 4.98. The second-order valence-electron chi connectivity index (χ2n) is 8.39. The van der Waals surface area contributed by atoms with Gasteiger partial charge in [-0.15, -0.1) is 0 Å². The number of nitrogens with zero attached hydrogens (tertiary/aromatic N) is 3. The van der Waals surface area contributed by atoms with Crippen LogP contribution in [0.25, 0.3) is 11.3 Å². The van der Waals surface area contributed by atoms with Crippen molar-refractivity contribution in [3.8, 4) is 11.3 Å². The van der Waals surface area contributed by atoms with E-state index in [-0.39, 0.29) is 17.6 Å². The number of hydrogen-bond donors (Lipinski definition) is 1. The molecular formula is C21H28N4O2. The number of anilines is 1. The minimum atomic E-state index is -0.404. The van der Waals surface area contributed by atoms with E-state index in [1.165, 1.54) is 0 Å². The summed E-state index contributed by atoms with van der Waals surface area (Å²) in [5.41, 5.74) is 2.94. The smallest absolute Gasteiger partial charge is 0.322 e. The largest absolute Gasteiger partial charge is 0.378 e. The van der Waals surface area contributed by atoms with Gasteiger partial charge in [-0.3, -0.25) is 9.97 Å². The summed E-state index contributed by atoms with van der Waals surface area (Å²) in [5, 5.41) is 3.08. The van der Waals surface area contributed by atoms with Gasteiger partial charge < -0.3 is 15.0 Å². The second-order valence-corrected chi connectivity index (χ2v) is 8.39. The average Bonchev–Trinajstić information content (AvgIpc) is 2.81. The normalized spacial score (nSPS) is 20.5. The first-order valence-corrected chi connectivity index (χ1v) is 9.15. The Labute approximate surface area is 161 Å². The molecule has 0 bridgehead atoms. The minimum absolute atomic E-state index is 0.0391. The van der Waals surface area contributed by atoms with Crippen LogP contribution >= 0.6 is 0 Å². The number of methoxy groups -OCH3 is 1. The fourth-order valence-corrected chi connectivity index (χ4v) is 4.28. The molecule has 1 aromatic heterocycles. The predicted molar refractivity (Wildman–Crippen MR) is 107 cm³/mol. The first kappa shape index (κ1) is 19.3. The summed E-state index contributed by atoms with van der Waals surface area (Å²) >= 11 is 0. The molecule has 144 valence electrons. The van der Waals surface area contributed by atoms with Gasteiger partial charge in [0, 0.05) is 42.7 Å². The number of likely N-dealkylation sites (tertiary alicyclic amines) is 1. The summed E-state index contributed by atoms with van der Waals surface area (Å²) in [7, 11) is 1.71. The summed E-state index contributed by atoms with van der Waals surface area (Å²) in [6.45, 7) is 11.0. The van der Waals surface area contributed by atoms with Gasteiger partial charge in [0.2, 0.25) is 0 Å². The highest BCUT2D eigenvalue weighted by atomic mass is 16.5.